The summed E-state index contributed by atoms with van der Waals surface area (Å²) in [6, 6.07) is 7.64. The number of carbonyl (C=O) groups is 1. The molecule has 0 radical (unpaired) electrons. The lowest BCUT2D eigenvalue weighted by molar-refractivity contribution is -0.129. The first-order valence-corrected chi connectivity index (χ1v) is 7.04. The molecule has 1 rings (SSSR count). The molecule has 1 atom stereocenters. The van der Waals surface area contributed by atoms with Crippen LogP contribution in [0, 0.1) is 5.41 Å². The maximum Gasteiger partial charge on any atom is 0.227 e. The number of ether oxygens (including phenoxy) is 1. The SMILES string of the molecule is CC(C)Oc1ccccc1C(C)NC(=O)C(C)(C)CN. The second-order valence-electron chi connectivity index (χ2n) is 5.99. The maximum atomic E-state index is 12.2. The third-order valence-corrected chi connectivity index (χ3v) is 3.22. The van der Waals surface area contributed by atoms with Gasteiger partial charge in [-0.05, 0) is 40.7 Å². The minimum atomic E-state index is -0.567. The zero-order valence-corrected chi connectivity index (χ0v) is 13.1. The second kappa shape index (κ2) is 6.75. The van der Waals surface area contributed by atoms with Crippen molar-refractivity contribution in [2.45, 2.75) is 46.8 Å². The van der Waals surface area contributed by atoms with Crippen molar-refractivity contribution < 1.29 is 9.53 Å². The van der Waals surface area contributed by atoms with Gasteiger partial charge >= 0.3 is 0 Å². The van der Waals surface area contributed by atoms with Gasteiger partial charge in [-0.15, -0.1) is 0 Å². The van der Waals surface area contributed by atoms with Crippen LogP contribution in [0.1, 0.15) is 46.2 Å². The molecule has 3 N–H and O–H groups in total. The minimum absolute atomic E-state index is 0.0492. The summed E-state index contributed by atoms with van der Waals surface area (Å²) < 4.78 is 5.78. The van der Waals surface area contributed by atoms with Gasteiger partial charge in [0.1, 0.15) is 5.75 Å². The van der Waals surface area contributed by atoms with Crippen molar-refractivity contribution in [1.82, 2.24) is 5.32 Å². The zero-order chi connectivity index (χ0) is 15.3. The summed E-state index contributed by atoms with van der Waals surface area (Å²) in [7, 11) is 0. The monoisotopic (exact) mass is 278 g/mol. The van der Waals surface area contributed by atoms with E-state index in [-0.39, 0.29) is 18.1 Å². The molecule has 0 fully saturated rings. The average molecular weight is 278 g/mol. The van der Waals surface area contributed by atoms with Crippen molar-refractivity contribution in [2.24, 2.45) is 11.1 Å². The van der Waals surface area contributed by atoms with E-state index in [1.165, 1.54) is 0 Å². The largest absolute Gasteiger partial charge is 0.491 e. The fourth-order valence-corrected chi connectivity index (χ4v) is 1.76. The summed E-state index contributed by atoms with van der Waals surface area (Å²) in [5, 5.41) is 3.00. The Morgan fingerprint density at radius 3 is 2.45 bits per heavy atom. The maximum absolute atomic E-state index is 12.2. The van der Waals surface area contributed by atoms with Crippen LogP contribution in [0.3, 0.4) is 0 Å². The number of rotatable bonds is 6. The molecule has 1 unspecified atom stereocenters. The number of amides is 1. The first-order valence-electron chi connectivity index (χ1n) is 7.04. The van der Waals surface area contributed by atoms with Gasteiger partial charge in [-0.25, -0.2) is 0 Å². The number of hydrogen-bond acceptors (Lipinski definition) is 3. The summed E-state index contributed by atoms with van der Waals surface area (Å²) in [6.45, 7) is 9.91. The van der Waals surface area contributed by atoms with Gasteiger partial charge in [0.2, 0.25) is 5.91 Å². The van der Waals surface area contributed by atoms with Crippen molar-refractivity contribution in [2.75, 3.05) is 6.54 Å². The molecule has 1 amide bonds. The normalized spacial score (nSPS) is 13.2. The molecule has 1 aromatic carbocycles. The number of nitrogens with two attached hydrogens (primary N) is 1. The predicted octanol–water partition coefficient (Wildman–Crippen LogP) is 2.64. The van der Waals surface area contributed by atoms with Gasteiger partial charge in [0.15, 0.2) is 0 Å². The Morgan fingerprint density at radius 2 is 1.90 bits per heavy atom. The van der Waals surface area contributed by atoms with E-state index < -0.39 is 5.41 Å². The van der Waals surface area contributed by atoms with E-state index in [0.717, 1.165) is 11.3 Å². The van der Waals surface area contributed by atoms with Crippen LogP contribution in [0.15, 0.2) is 24.3 Å². The van der Waals surface area contributed by atoms with Crippen LogP contribution in [0.25, 0.3) is 0 Å². The summed E-state index contributed by atoms with van der Waals surface area (Å²) >= 11 is 0. The fourth-order valence-electron chi connectivity index (χ4n) is 1.76. The molecular weight excluding hydrogens is 252 g/mol. The van der Waals surface area contributed by atoms with Gasteiger partial charge < -0.3 is 15.8 Å². The number of hydrogen-bond donors (Lipinski definition) is 2. The van der Waals surface area contributed by atoms with Crippen LogP contribution >= 0.6 is 0 Å². The fraction of sp³-hybridized carbons (Fsp3) is 0.562. The molecule has 112 valence electrons. The van der Waals surface area contributed by atoms with E-state index in [2.05, 4.69) is 5.32 Å². The summed E-state index contributed by atoms with van der Waals surface area (Å²) in [5.74, 6) is 0.757. The Hall–Kier alpha value is -1.55. The number of carbonyl (C=O) groups excluding carboxylic acids is 1. The van der Waals surface area contributed by atoms with Crippen LogP contribution in [0.5, 0.6) is 5.75 Å². The lowest BCUT2D eigenvalue weighted by Gasteiger charge is -2.25. The highest BCUT2D eigenvalue weighted by molar-refractivity contribution is 5.82. The van der Waals surface area contributed by atoms with Gasteiger partial charge in [-0.3, -0.25) is 4.79 Å². The number of para-hydroxylation sites is 1. The van der Waals surface area contributed by atoms with Gasteiger partial charge in [0.05, 0.1) is 17.6 Å². The second-order valence-corrected chi connectivity index (χ2v) is 5.99. The van der Waals surface area contributed by atoms with Crippen LogP contribution in [-0.4, -0.2) is 18.6 Å². The third-order valence-electron chi connectivity index (χ3n) is 3.22. The standard InChI is InChI=1S/C16H26N2O2/c1-11(2)20-14-9-7-6-8-13(14)12(3)18-15(19)16(4,5)10-17/h6-9,11-12H,10,17H2,1-5H3,(H,18,19). The van der Waals surface area contributed by atoms with Gasteiger partial charge in [-0.2, -0.15) is 0 Å². The molecule has 0 aliphatic carbocycles. The quantitative estimate of drug-likeness (QED) is 0.840. The van der Waals surface area contributed by atoms with Crippen molar-refractivity contribution >= 4 is 5.91 Å². The Labute approximate surface area is 121 Å². The van der Waals surface area contributed by atoms with E-state index in [1.54, 1.807) is 0 Å². The van der Waals surface area contributed by atoms with E-state index in [0.29, 0.717) is 6.54 Å². The lowest BCUT2D eigenvalue weighted by Crippen LogP contribution is -2.42. The molecule has 0 saturated carbocycles. The molecule has 20 heavy (non-hydrogen) atoms. The lowest BCUT2D eigenvalue weighted by atomic mass is 9.92. The summed E-state index contributed by atoms with van der Waals surface area (Å²) in [6.07, 6.45) is 0.0968. The Bertz CT molecular complexity index is 456. The predicted molar refractivity (Wildman–Crippen MR) is 81.6 cm³/mol. The first-order chi connectivity index (χ1) is 9.27. The average Bonchev–Trinajstić information content (AvgIpc) is 2.38. The Kier molecular flexibility index (Phi) is 5.57. The highest BCUT2D eigenvalue weighted by atomic mass is 16.5. The molecule has 0 aliphatic rings. The van der Waals surface area contributed by atoms with E-state index in [4.69, 9.17) is 10.5 Å². The molecule has 0 bridgehead atoms. The van der Waals surface area contributed by atoms with Gasteiger partial charge in [-0.1, -0.05) is 18.2 Å². The molecule has 0 saturated heterocycles. The van der Waals surface area contributed by atoms with Crippen LogP contribution in [-0.2, 0) is 4.79 Å². The molecule has 4 heteroatoms. The minimum Gasteiger partial charge on any atom is -0.491 e. The first kappa shape index (κ1) is 16.5. The van der Waals surface area contributed by atoms with Crippen LogP contribution in [0.2, 0.25) is 0 Å². The van der Waals surface area contributed by atoms with E-state index in [1.807, 2.05) is 58.9 Å². The van der Waals surface area contributed by atoms with Crippen molar-refractivity contribution in [1.29, 1.82) is 0 Å². The Balaban J connectivity index is 2.87. The molecule has 4 nitrogen and oxygen atoms in total. The molecular formula is C16H26N2O2. The van der Waals surface area contributed by atoms with Gasteiger partial charge in [0.25, 0.3) is 0 Å². The topological polar surface area (TPSA) is 64.3 Å². The number of benzene rings is 1. The van der Waals surface area contributed by atoms with E-state index in [9.17, 15) is 4.79 Å². The molecule has 0 aliphatic heterocycles. The Morgan fingerprint density at radius 1 is 1.30 bits per heavy atom. The molecule has 1 aromatic rings. The zero-order valence-electron chi connectivity index (χ0n) is 13.1. The van der Waals surface area contributed by atoms with Crippen LogP contribution in [0.4, 0.5) is 0 Å². The number of nitrogens with one attached hydrogen (secondary N) is 1. The summed E-state index contributed by atoms with van der Waals surface area (Å²) in [4.78, 5) is 12.2. The van der Waals surface area contributed by atoms with Crippen molar-refractivity contribution in [3.8, 4) is 5.75 Å². The third kappa shape index (κ3) is 4.23. The molecule has 0 spiro atoms. The molecule has 0 aromatic heterocycles. The van der Waals surface area contributed by atoms with Crippen molar-refractivity contribution in [3.05, 3.63) is 29.8 Å². The summed E-state index contributed by atoms with van der Waals surface area (Å²) in [5.41, 5.74) is 6.04. The molecule has 0 heterocycles. The smallest absolute Gasteiger partial charge is 0.227 e. The van der Waals surface area contributed by atoms with Gasteiger partial charge in [0, 0.05) is 12.1 Å². The van der Waals surface area contributed by atoms with E-state index >= 15 is 0 Å². The van der Waals surface area contributed by atoms with Crippen molar-refractivity contribution in [3.63, 3.8) is 0 Å². The highest BCUT2D eigenvalue weighted by Crippen LogP contribution is 2.26. The highest BCUT2D eigenvalue weighted by Gasteiger charge is 2.27. The van der Waals surface area contributed by atoms with Crippen LogP contribution < -0.4 is 15.8 Å².